The van der Waals surface area contributed by atoms with Gasteiger partial charge in [0.1, 0.15) is 5.15 Å². The zero-order valence-electron chi connectivity index (χ0n) is 8.31. The summed E-state index contributed by atoms with van der Waals surface area (Å²) in [6.45, 7) is 0. The first-order chi connectivity index (χ1) is 7.75. The number of rotatable bonds is 0. The van der Waals surface area contributed by atoms with Crippen LogP contribution in [0.5, 0.6) is 0 Å². The van der Waals surface area contributed by atoms with E-state index in [0.717, 1.165) is 5.56 Å². The third-order valence-electron chi connectivity index (χ3n) is 1.87. The van der Waals surface area contributed by atoms with Crippen molar-refractivity contribution in [3.63, 3.8) is 0 Å². The van der Waals surface area contributed by atoms with Crippen LogP contribution in [0.4, 0.5) is 5.82 Å². The van der Waals surface area contributed by atoms with Crippen LogP contribution in [0.15, 0.2) is 36.5 Å². The molecule has 1 aromatic carbocycles. The Balaban J connectivity index is 2.34. The van der Waals surface area contributed by atoms with Crippen molar-refractivity contribution in [3.8, 4) is 11.8 Å². The molecule has 2 N–H and O–H groups in total. The minimum atomic E-state index is 0.284. The molecule has 3 nitrogen and oxygen atoms in total. The summed E-state index contributed by atoms with van der Waals surface area (Å²) >= 11 is 5.70. The normalized spacial score (nSPS) is 9.31. The first kappa shape index (κ1) is 10.5. The molecule has 2 rings (SSSR count). The molecule has 0 fully saturated rings. The van der Waals surface area contributed by atoms with Crippen molar-refractivity contribution in [1.82, 2.24) is 9.97 Å². The molecule has 0 aliphatic carbocycles. The summed E-state index contributed by atoms with van der Waals surface area (Å²) in [4.78, 5) is 7.86. The van der Waals surface area contributed by atoms with Crippen LogP contribution in [0.25, 0.3) is 0 Å². The van der Waals surface area contributed by atoms with Gasteiger partial charge in [-0.1, -0.05) is 35.7 Å². The highest BCUT2D eigenvalue weighted by Gasteiger charge is 1.99. The van der Waals surface area contributed by atoms with Crippen molar-refractivity contribution in [1.29, 1.82) is 0 Å². The molecule has 0 aliphatic rings. The Hall–Kier alpha value is -2.05. The lowest BCUT2D eigenvalue weighted by atomic mass is 10.2. The molecule has 0 saturated carbocycles. The van der Waals surface area contributed by atoms with E-state index in [4.69, 9.17) is 17.3 Å². The van der Waals surface area contributed by atoms with Crippen molar-refractivity contribution < 1.29 is 0 Å². The van der Waals surface area contributed by atoms with Crippen molar-refractivity contribution in [3.05, 3.63) is 52.9 Å². The summed E-state index contributed by atoms with van der Waals surface area (Å²) in [7, 11) is 0. The number of nitrogens with two attached hydrogens (primary N) is 1. The number of nitrogen functional groups attached to an aromatic ring is 1. The smallest absolute Gasteiger partial charge is 0.158 e. The van der Waals surface area contributed by atoms with Gasteiger partial charge in [-0.2, -0.15) is 0 Å². The Morgan fingerprint density at radius 2 is 1.88 bits per heavy atom. The fourth-order valence-corrected chi connectivity index (χ4v) is 1.26. The van der Waals surface area contributed by atoms with E-state index < -0.39 is 0 Å². The first-order valence-corrected chi connectivity index (χ1v) is 4.98. The summed E-state index contributed by atoms with van der Waals surface area (Å²) in [5.74, 6) is 6.06. The highest BCUT2D eigenvalue weighted by Crippen LogP contribution is 2.08. The molecule has 0 atom stereocenters. The fraction of sp³-hybridized carbons (Fsp3) is 0. The molecule has 0 unspecified atom stereocenters. The van der Waals surface area contributed by atoms with Gasteiger partial charge in [0.25, 0.3) is 0 Å². The summed E-state index contributed by atoms with van der Waals surface area (Å²) < 4.78 is 0. The van der Waals surface area contributed by atoms with Gasteiger partial charge in [0, 0.05) is 5.56 Å². The summed E-state index contributed by atoms with van der Waals surface area (Å²) in [6, 6.07) is 9.56. The van der Waals surface area contributed by atoms with Gasteiger partial charge in [-0.05, 0) is 18.1 Å². The predicted molar refractivity (Wildman–Crippen MR) is 63.9 cm³/mol. The van der Waals surface area contributed by atoms with Gasteiger partial charge in [-0.3, -0.25) is 0 Å². The van der Waals surface area contributed by atoms with Crippen LogP contribution in [0.2, 0.25) is 5.15 Å². The summed E-state index contributed by atoms with van der Waals surface area (Å²) in [5, 5.41) is 0.284. The van der Waals surface area contributed by atoms with Gasteiger partial charge in [-0.15, -0.1) is 0 Å². The van der Waals surface area contributed by atoms with Crippen molar-refractivity contribution >= 4 is 17.4 Å². The number of anilines is 1. The molecule has 0 radical (unpaired) electrons. The van der Waals surface area contributed by atoms with Crippen LogP contribution in [-0.2, 0) is 0 Å². The highest BCUT2D eigenvalue weighted by molar-refractivity contribution is 6.29. The van der Waals surface area contributed by atoms with E-state index in [9.17, 15) is 0 Å². The Morgan fingerprint density at radius 1 is 1.12 bits per heavy atom. The van der Waals surface area contributed by atoms with Crippen LogP contribution in [0.3, 0.4) is 0 Å². The largest absolute Gasteiger partial charge is 0.381 e. The van der Waals surface area contributed by atoms with Gasteiger partial charge in [0.05, 0.1) is 6.20 Å². The minimum absolute atomic E-state index is 0.284. The van der Waals surface area contributed by atoms with Crippen molar-refractivity contribution in [2.45, 2.75) is 0 Å². The van der Waals surface area contributed by atoms with E-state index in [1.54, 1.807) is 0 Å². The van der Waals surface area contributed by atoms with Crippen LogP contribution in [-0.4, -0.2) is 9.97 Å². The first-order valence-electron chi connectivity index (χ1n) is 4.61. The molecule has 1 heterocycles. The quantitative estimate of drug-likeness (QED) is 0.704. The molecule has 1 aromatic heterocycles. The van der Waals surface area contributed by atoms with Gasteiger partial charge in [0.15, 0.2) is 11.5 Å². The lowest BCUT2D eigenvalue weighted by Gasteiger charge is -1.95. The van der Waals surface area contributed by atoms with Gasteiger partial charge < -0.3 is 5.73 Å². The van der Waals surface area contributed by atoms with E-state index in [0.29, 0.717) is 5.69 Å². The highest BCUT2D eigenvalue weighted by atomic mass is 35.5. The standard InChI is InChI=1S/C12H8ClN3/c13-11-8-15-12(14)10(16-11)7-6-9-4-2-1-3-5-9/h1-5,8H,(H2,14,15). The van der Waals surface area contributed by atoms with E-state index in [1.165, 1.54) is 6.20 Å². The number of halogens is 1. The molecule has 78 valence electrons. The Morgan fingerprint density at radius 3 is 2.62 bits per heavy atom. The molecule has 0 aliphatic heterocycles. The Labute approximate surface area is 98.3 Å². The zero-order valence-corrected chi connectivity index (χ0v) is 9.07. The monoisotopic (exact) mass is 229 g/mol. The third-order valence-corrected chi connectivity index (χ3v) is 2.05. The van der Waals surface area contributed by atoms with Crippen LogP contribution in [0.1, 0.15) is 11.3 Å². The third kappa shape index (κ3) is 2.50. The minimum Gasteiger partial charge on any atom is -0.381 e. The lowest BCUT2D eigenvalue weighted by molar-refractivity contribution is 1.19. The van der Waals surface area contributed by atoms with Crippen LogP contribution in [0, 0.1) is 11.8 Å². The number of benzene rings is 1. The maximum atomic E-state index is 5.70. The van der Waals surface area contributed by atoms with Crippen LogP contribution >= 0.6 is 11.6 Å². The van der Waals surface area contributed by atoms with Gasteiger partial charge >= 0.3 is 0 Å². The number of hydrogen-bond donors (Lipinski definition) is 1. The molecule has 0 amide bonds. The second kappa shape index (κ2) is 4.65. The molecule has 2 aromatic rings. The maximum Gasteiger partial charge on any atom is 0.158 e. The molecule has 0 saturated heterocycles. The Bertz CT molecular complexity index is 555. The van der Waals surface area contributed by atoms with Gasteiger partial charge in [-0.25, -0.2) is 9.97 Å². The average Bonchev–Trinajstić information content (AvgIpc) is 2.32. The second-order valence-corrected chi connectivity index (χ2v) is 3.43. The van der Waals surface area contributed by atoms with E-state index in [-0.39, 0.29) is 11.0 Å². The number of aromatic nitrogens is 2. The molecular weight excluding hydrogens is 222 g/mol. The zero-order chi connectivity index (χ0) is 11.4. The van der Waals surface area contributed by atoms with Crippen LogP contribution < -0.4 is 5.73 Å². The SMILES string of the molecule is Nc1ncc(Cl)nc1C#Cc1ccccc1. The molecule has 4 heteroatoms. The van der Waals surface area contributed by atoms with E-state index in [2.05, 4.69) is 21.8 Å². The second-order valence-electron chi connectivity index (χ2n) is 3.04. The Kier molecular flexibility index (Phi) is 3.04. The molecule has 0 bridgehead atoms. The molecular formula is C12H8ClN3. The molecule has 0 spiro atoms. The lowest BCUT2D eigenvalue weighted by Crippen LogP contribution is -1.97. The number of hydrogen-bond acceptors (Lipinski definition) is 3. The van der Waals surface area contributed by atoms with Gasteiger partial charge in [0.2, 0.25) is 0 Å². The fourth-order valence-electron chi connectivity index (χ4n) is 1.12. The maximum absolute atomic E-state index is 5.70. The predicted octanol–water partition coefficient (Wildman–Crippen LogP) is 2.11. The summed E-state index contributed by atoms with van der Waals surface area (Å²) in [5.41, 5.74) is 6.91. The number of nitrogens with zero attached hydrogens (tertiary/aromatic N) is 2. The summed E-state index contributed by atoms with van der Waals surface area (Å²) in [6.07, 6.45) is 1.39. The van der Waals surface area contributed by atoms with E-state index >= 15 is 0 Å². The molecule has 16 heavy (non-hydrogen) atoms. The van der Waals surface area contributed by atoms with Crippen molar-refractivity contribution in [2.24, 2.45) is 0 Å². The average molecular weight is 230 g/mol. The topological polar surface area (TPSA) is 51.8 Å². The van der Waals surface area contributed by atoms with Crippen molar-refractivity contribution in [2.75, 3.05) is 5.73 Å². The van der Waals surface area contributed by atoms with E-state index in [1.807, 2.05) is 30.3 Å².